The van der Waals surface area contributed by atoms with Crippen LogP contribution in [0.25, 0.3) is 11.1 Å². The summed E-state index contributed by atoms with van der Waals surface area (Å²) in [4.78, 5) is 0. The van der Waals surface area contributed by atoms with Gasteiger partial charge in [-0.2, -0.15) is 8.78 Å². The number of benzene rings is 3. The molecule has 3 aromatic carbocycles. The van der Waals surface area contributed by atoms with Gasteiger partial charge in [0.15, 0.2) is 17.5 Å². The molecule has 40 heavy (non-hydrogen) atoms. The maximum absolute atomic E-state index is 15.1. The molecule has 10 heteroatoms. The molecular weight excluding hydrogens is 544 g/mol. The minimum Gasteiger partial charge on any atom is -0.493 e. The Labute approximate surface area is 225 Å². The van der Waals surface area contributed by atoms with Crippen LogP contribution in [0.15, 0.2) is 36.4 Å². The topological polar surface area (TPSA) is 18.5 Å². The molecule has 3 aromatic rings. The van der Waals surface area contributed by atoms with E-state index in [0.717, 1.165) is 38.0 Å². The molecule has 1 aliphatic carbocycles. The highest BCUT2D eigenvalue weighted by atomic mass is 19.3. The summed E-state index contributed by atoms with van der Waals surface area (Å²) >= 11 is 0. The summed E-state index contributed by atoms with van der Waals surface area (Å²) in [6.07, 6.45) is 1.51. The van der Waals surface area contributed by atoms with Gasteiger partial charge in [-0.3, -0.25) is 0 Å². The summed E-state index contributed by atoms with van der Waals surface area (Å²) in [6, 6.07) is 3.77. The lowest BCUT2D eigenvalue weighted by atomic mass is 9.73. The van der Waals surface area contributed by atoms with E-state index in [2.05, 4.69) is 11.7 Å². The van der Waals surface area contributed by atoms with Crippen molar-refractivity contribution < 1.29 is 44.6 Å². The van der Waals surface area contributed by atoms with E-state index in [0.29, 0.717) is 42.4 Å². The Balaban J connectivity index is 1.38. The molecule has 214 valence electrons. The third-order valence-corrected chi connectivity index (χ3v) is 8.07. The van der Waals surface area contributed by atoms with Crippen molar-refractivity contribution in [1.82, 2.24) is 0 Å². The Morgan fingerprint density at radius 2 is 1.40 bits per heavy atom. The van der Waals surface area contributed by atoms with Gasteiger partial charge in [-0.15, -0.1) is 0 Å². The maximum atomic E-state index is 15.1. The SMILES string of the molecule is CCC1CCC([C@@H]2COc3cc(-c4cc(F)c(C(F)(F)Oc5cc(F)c(F)c(F)c5)c(F)c4)c(F)cc3C2)CC1. The van der Waals surface area contributed by atoms with Gasteiger partial charge in [0, 0.05) is 17.7 Å². The first kappa shape index (κ1) is 28.2. The predicted molar refractivity (Wildman–Crippen MR) is 131 cm³/mol. The molecule has 1 atom stereocenters. The fourth-order valence-electron chi connectivity index (χ4n) is 5.82. The molecule has 0 bridgehead atoms. The van der Waals surface area contributed by atoms with Gasteiger partial charge in [-0.05, 0) is 72.4 Å². The van der Waals surface area contributed by atoms with Gasteiger partial charge in [0.2, 0.25) is 0 Å². The number of rotatable bonds is 6. The van der Waals surface area contributed by atoms with Gasteiger partial charge < -0.3 is 9.47 Å². The summed E-state index contributed by atoms with van der Waals surface area (Å²) in [5.74, 6) is -9.37. The fraction of sp³-hybridized carbons (Fsp3) is 0.400. The Kier molecular flexibility index (Phi) is 7.72. The van der Waals surface area contributed by atoms with Gasteiger partial charge >= 0.3 is 6.11 Å². The molecule has 0 aromatic heterocycles. The Morgan fingerprint density at radius 3 is 2.00 bits per heavy atom. The van der Waals surface area contributed by atoms with Crippen LogP contribution >= 0.6 is 0 Å². The van der Waals surface area contributed by atoms with Gasteiger partial charge in [0.25, 0.3) is 0 Å². The molecule has 0 saturated heterocycles. The molecule has 2 aliphatic rings. The normalized spacial score (nSPS) is 21.1. The monoisotopic (exact) mass is 570 g/mol. The first-order valence-corrected chi connectivity index (χ1v) is 13.1. The van der Waals surface area contributed by atoms with E-state index in [1.54, 1.807) is 0 Å². The lowest BCUT2D eigenvalue weighted by Gasteiger charge is -2.36. The van der Waals surface area contributed by atoms with Crippen molar-refractivity contribution in [2.75, 3.05) is 6.61 Å². The Hall–Kier alpha value is -3.30. The van der Waals surface area contributed by atoms with E-state index in [-0.39, 0.29) is 29.2 Å². The molecular formula is C30H26F8O2. The van der Waals surface area contributed by atoms with Crippen LogP contribution in [0.1, 0.15) is 50.2 Å². The second kappa shape index (κ2) is 10.9. The average Bonchev–Trinajstić information content (AvgIpc) is 2.90. The zero-order chi connectivity index (χ0) is 28.8. The van der Waals surface area contributed by atoms with Gasteiger partial charge in [-0.25, -0.2) is 26.3 Å². The fourth-order valence-corrected chi connectivity index (χ4v) is 5.82. The lowest BCUT2D eigenvalue weighted by molar-refractivity contribution is -0.189. The van der Waals surface area contributed by atoms with Crippen LogP contribution in [-0.4, -0.2) is 6.61 Å². The molecule has 0 unspecified atom stereocenters. The second-order valence-corrected chi connectivity index (χ2v) is 10.5. The Bertz CT molecular complexity index is 1370. The van der Waals surface area contributed by atoms with Crippen LogP contribution in [0.4, 0.5) is 35.1 Å². The van der Waals surface area contributed by atoms with Crippen LogP contribution in [0.2, 0.25) is 0 Å². The first-order chi connectivity index (χ1) is 19.0. The third-order valence-electron chi connectivity index (χ3n) is 8.07. The van der Waals surface area contributed by atoms with E-state index in [1.165, 1.54) is 12.1 Å². The Morgan fingerprint density at radius 1 is 0.775 bits per heavy atom. The number of fused-ring (bicyclic) bond motifs is 1. The number of alkyl halides is 2. The van der Waals surface area contributed by atoms with E-state index >= 15 is 4.39 Å². The lowest BCUT2D eigenvalue weighted by Crippen LogP contribution is -2.30. The number of hydrogen-bond donors (Lipinski definition) is 0. The quantitative estimate of drug-likeness (QED) is 0.217. The van der Waals surface area contributed by atoms with Crippen molar-refractivity contribution in [2.45, 2.75) is 51.6 Å². The van der Waals surface area contributed by atoms with E-state index in [9.17, 15) is 30.7 Å². The van der Waals surface area contributed by atoms with E-state index in [4.69, 9.17) is 4.74 Å². The van der Waals surface area contributed by atoms with Crippen molar-refractivity contribution in [3.63, 3.8) is 0 Å². The van der Waals surface area contributed by atoms with Crippen molar-refractivity contribution in [1.29, 1.82) is 0 Å². The van der Waals surface area contributed by atoms with Crippen molar-refractivity contribution in [3.8, 4) is 22.6 Å². The van der Waals surface area contributed by atoms with Crippen molar-refractivity contribution in [3.05, 3.63) is 82.4 Å². The summed E-state index contributed by atoms with van der Waals surface area (Å²) in [5.41, 5.74) is -1.85. The highest BCUT2D eigenvalue weighted by Crippen LogP contribution is 2.42. The maximum Gasteiger partial charge on any atom is 0.432 e. The van der Waals surface area contributed by atoms with Crippen LogP contribution in [0.3, 0.4) is 0 Å². The molecule has 0 amide bonds. The predicted octanol–water partition coefficient (Wildman–Crippen LogP) is 9.08. The number of hydrogen-bond acceptors (Lipinski definition) is 2. The molecule has 1 fully saturated rings. The first-order valence-electron chi connectivity index (χ1n) is 13.1. The molecule has 2 nitrogen and oxygen atoms in total. The molecule has 1 heterocycles. The van der Waals surface area contributed by atoms with Crippen molar-refractivity contribution >= 4 is 0 Å². The van der Waals surface area contributed by atoms with Crippen LogP contribution in [0.5, 0.6) is 11.5 Å². The molecule has 1 saturated carbocycles. The smallest absolute Gasteiger partial charge is 0.432 e. The second-order valence-electron chi connectivity index (χ2n) is 10.5. The average molecular weight is 571 g/mol. The van der Waals surface area contributed by atoms with Crippen molar-refractivity contribution in [2.24, 2.45) is 17.8 Å². The molecule has 5 rings (SSSR count). The minimum atomic E-state index is -4.74. The van der Waals surface area contributed by atoms with E-state index in [1.807, 2.05) is 0 Å². The number of halogens is 8. The molecule has 0 spiro atoms. The largest absolute Gasteiger partial charge is 0.493 e. The standard InChI is InChI=1S/C30H26F8O2/c1-2-15-3-5-16(6-4-15)19-7-18-10-22(31)21(13-27(18)39-14-19)17-8-23(32)28(24(33)9-17)30(37,38)40-20-11-25(34)29(36)26(35)12-20/h8-13,15-16,19H,2-7,14H2,1H3/t15?,16?,19-/m0/s1. The van der Waals surface area contributed by atoms with Gasteiger partial charge in [-0.1, -0.05) is 26.2 Å². The minimum absolute atomic E-state index is 0.111. The molecule has 0 radical (unpaired) electrons. The number of ether oxygens (including phenoxy) is 2. The van der Waals surface area contributed by atoms with Crippen LogP contribution < -0.4 is 9.47 Å². The molecule has 1 aliphatic heterocycles. The van der Waals surface area contributed by atoms with E-state index < -0.39 is 52.3 Å². The zero-order valence-electron chi connectivity index (χ0n) is 21.5. The zero-order valence-corrected chi connectivity index (χ0v) is 21.5. The molecule has 0 N–H and O–H groups in total. The van der Waals surface area contributed by atoms with Gasteiger partial charge in [0.1, 0.15) is 34.5 Å². The summed E-state index contributed by atoms with van der Waals surface area (Å²) in [7, 11) is 0. The van der Waals surface area contributed by atoms with Gasteiger partial charge in [0.05, 0.1) is 6.61 Å². The van der Waals surface area contributed by atoms with Crippen LogP contribution in [-0.2, 0) is 12.5 Å². The highest BCUT2D eigenvalue weighted by Gasteiger charge is 2.42. The summed E-state index contributed by atoms with van der Waals surface area (Å²) in [5, 5.41) is 0. The highest BCUT2D eigenvalue weighted by molar-refractivity contribution is 5.68. The third kappa shape index (κ3) is 5.49. The summed E-state index contributed by atoms with van der Waals surface area (Å²) < 4.78 is 124. The van der Waals surface area contributed by atoms with Crippen LogP contribution in [0, 0.1) is 52.7 Å². The summed E-state index contributed by atoms with van der Waals surface area (Å²) in [6.45, 7) is 2.61.